The van der Waals surface area contributed by atoms with E-state index < -0.39 is 0 Å². The smallest absolute Gasteiger partial charge is 0.191 e. The standard InChI is InChI=1S/C17H30N4O3/c1-2-22-11-4-6-18-17(20-15-16-5-3-12-24-16)19-7-8-21-9-13-23-14-10-21/h3,5,12H,2,4,6-11,13-15H2,1H3,(H2,18,19,20). The van der Waals surface area contributed by atoms with Crippen molar-refractivity contribution in [2.45, 2.75) is 19.9 Å². The molecule has 0 spiro atoms. The molecule has 0 unspecified atom stereocenters. The lowest BCUT2D eigenvalue weighted by Gasteiger charge is -2.26. The fourth-order valence-corrected chi connectivity index (χ4v) is 2.42. The zero-order valence-corrected chi connectivity index (χ0v) is 14.6. The average Bonchev–Trinajstić information content (AvgIpc) is 3.13. The van der Waals surface area contributed by atoms with Gasteiger partial charge in [0.1, 0.15) is 12.3 Å². The number of hydrogen-bond acceptors (Lipinski definition) is 5. The Hall–Kier alpha value is -1.57. The summed E-state index contributed by atoms with van der Waals surface area (Å²) in [5.74, 6) is 1.68. The Labute approximate surface area is 144 Å². The number of guanidine groups is 1. The van der Waals surface area contributed by atoms with Crippen LogP contribution in [0, 0.1) is 0 Å². The molecular formula is C17H30N4O3. The van der Waals surface area contributed by atoms with Gasteiger partial charge in [-0.1, -0.05) is 0 Å². The quantitative estimate of drug-likeness (QED) is 0.378. The van der Waals surface area contributed by atoms with Crippen LogP contribution < -0.4 is 10.6 Å². The monoisotopic (exact) mass is 338 g/mol. The third kappa shape index (κ3) is 7.81. The summed E-state index contributed by atoms with van der Waals surface area (Å²) in [6, 6.07) is 3.82. The fraction of sp³-hybridized carbons (Fsp3) is 0.706. The second kappa shape index (κ2) is 11.9. The maximum absolute atomic E-state index is 5.37. The highest BCUT2D eigenvalue weighted by Crippen LogP contribution is 2.01. The number of morpholine rings is 1. The molecule has 7 heteroatoms. The molecule has 0 aliphatic carbocycles. The minimum Gasteiger partial charge on any atom is -0.467 e. The Morgan fingerprint density at radius 3 is 2.88 bits per heavy atom. The van der Waals surface area contributed by atoms with E-state index in [1.165, 1.54) is 0 Å². The molecule has 2 N–H and O–H groups in total. The Bertz CT molecular complexity index is 445. The zero-order valence-electron chi connectivity index (χ0n) is 14.6. The summed E-state index contributed by atoms with van der Waals surface area (Å²) in [7, 11) is 0. The summed E-state index contributed by atoms with van der Waals surface area (Å²) in [6.07, 6.45) is 2.63. The molecule has 0 aromatic carbocycles. The first-order valence-electron chi connectivity index (χ1n) is 8.81. The average molecular weight is 338 g/mol. The zero-order chi connectivity index (χ0) is 16.9. The van der Waals surface area contributed by atoms with E-state index in [1.807, 2.05) is 19.1 Å². The third-order valence-electron chi connectivity index (χ3n) is 3.76. The lowest BCUT2D eigenvalue weighted by atomic mass is 10.4. The molecule has 1 aromatic heterocycles. The van der Waals surface area contributed by atoms with Crippen LogP contribution >= 0.6 is 0 Å². The van der Waals surface area contributed by atoms with Crippen molar-refractivity contribution in [1.82, 2.24) is 15.5 Å². The van der Waals surface area contributed by atoms with Crippen LogP contribution in [0.15, 0.2) is 27.8 Å². The van der Waals surface area contributed by atoms with Crippen LogP contribution in [0.25, 0.3) is 0 Å². The number of rotatable bonds is 10. The minimum atomic E-state index is 0.533. The van der Waals surface area contributed by atoms with E-state index in [-0.39, 0.29) is 0 Å². The first-order chi connectivity index (χ1) is 11.9. The first-order valence-corrected chi connectivity index (χ1v) is 8.81. The Morgan fingerprint density at radius 2 is 2.12 bits per heavy atom. The van der Waals surface area contributed by atoms with Gasteiger partial charge >= 0.3 is 0 Å². The number of nitrogens with zero attached hydrogens (tertiary/aromatic N) is 2. The molecule has 0 amide bonds. The molecule has 2 heterocycles. The molecule has 0 radical (unpaired) electrons. The minimum absolute atomic E-state index is 0.533. The van der Waals surface area contributed by atoms with Gasteiger partial charge in [0.2, 0.25) is 0 Å². The second-order valence-electron chi connectivity index (χ2n) is 5.60. The van der Waals surface area contributed by atoms with Gasteiger partial charge in [0.25, 0.3) is 0 Å². The van der Waals surface area contributed by atoms with Gasteiger partial charge in [-0.05, 0) is 25.5 Å². The lowest BCUT2D eigenvalue weighted by Crippen LogP contribution is -2.44. The van der Waals surface area contributed by atoms with Gasteiger partial charge in [-0.3, -0.25) is 4.90 Å². The van der Waals surface area contributed by atoms with E-state index in [9.17, 15) is 0 Å². The second-order valence-corrected chi connectivity index (χ2v) is 5.60. The molecule has 0 atom stereocenters. The van der Waals surface area contributed by atoms with Crippen LogP contribution in [0.3, 0.4) is 0 Å². The van der Waals surface area contributed by atoms with Crippen LogP contribution in [-0.4, -0.2) is 70.0 Å². The number of hydrogen-bond donors (Lipinski definition) is 2. The van der Waals surface area contributed by atoms with Crippen molar-refractivity contribution in [3.63, 3.8) is 0 Å². The van der Waals surface area contributed by atoms with Crippen molar-refractivity contribution in [3.8, 4) is 0 Å². The third-order valence-corrected chi connectivity index (χ3v) is 3.76. The van der Waals surface area contributed by atoms with Crippen LogP contribution in [0.5, 0.6) is 0 Å². The van der Waals surface area contributed by atoms with E-state index >= 15 is 0 Å². The van der Waals surface area contributed by atoms with E-state index in [4.69, 9.17) is 13.9 Å². The van der Waals surface area contributed by atoms with E-state index in [0.717, 1.165) is 77.3 Å². The predicted octanol–water partition coefficient (Wildman–Crippen LogP) is 1.07. The normalized spacial score (nSPS) is 16.3. The van der Waals surface area contributed by atoms with E-state index in [0.29, 0.717) is 6.54 Å². The summed E-state index contributed by atoms with van der Waals surface area (Å²) < 4.78 is 16.1. The van der Waals surface area contributed by atoms with Gasteiger partial charge in [0, 0.05) is 45.9 Å². The Balaban J connectivity index is 1.71. The molecule has 1 aliphatic rings. The molecule has 1 aliphatic heterocycles. The summed E-state index contributed by atoms with van der Waals surface area (Å²) in [5.41, 5.74) is 0. The van der Waals surface area contributed by atoms with Gasteiger partial charge in [-0.2, -0.15) is 0 Å². The Kier molecular flexibility index (Phi) is 9.29. The largest absolute Gasteiger partial charge is 0.467 e. The lowest BCUT2D eigenvalue weighted by molar-refractivity contribution is 0.0389. The maximum atomic E-state index is 5.37. The van der Waals surface area contributed by atoms with Gasteiger partial charge in [-0.25, -0.2) is 4.99 Å². The number of ether oxygens (including phenoxy) is 2. The summed E-state index contributed by atoms with van der Waals surface area (Å²) in [4.78, 5) is 6.98. The van der Waals surface area contributed by atoms with Crippen molar-refractivity contribution in [3.05, 3.63) is 24.2 Å². The van der Waals surface area contributed by atoms with Gasteiger partial charge in [0.15, 0.2) is 5.96 Å². The molecule has 0 saturated carbocycles. The fourth-order valence-electron chi connectivity index (χ4n) is 2.42. The molecule has 1 saturated heterocycles. The van der Waals surface area contributed by atoms with Crippen molar-refractivity contribution >= 4 is 5.96 Å². The highest BCUT2D eigenvalue weighted by Gasteiger charge is 2.09. The molecule has 2 rings (SSSR count). The van der Waals surface area contributed by atoms with Gasteiger partial charge < -0.3 is 24.5 Å². The van der Waals surface area contributed by atoms with Crippen molar-refractivity contribution in [1.29, 1.82) is 0 Å². The summed E-state index contributed by atoms with van der Waals surface area (Å²) in [5, 5.41) is 6.75. The summed E-state index contributed by atoms with van der Waals surface area (Å²) in [6.45, 7) is 10.4. The molecule has 24 heavy (non-hydrogen) atoms. The number of furan rings is 1. The van der Waals surface area contributed by atoms with E-state index in [2.05, 4.69) is 20.5 Å². The highest BCUT2D eigenvalue weighted by molar-refractivity contribution is 5.79. The number of aliphatic imine (C=N–C) groups is 1. The summed E-state index contributed by atoms with van der Waals surface area (Å²) >= 11 is 0. The topological polar surface area (TPSA) is 71.3 Å². The van der Waals surface area contributed by atoms with Crippen molar-refractivity contribution < 1.29 is 13.9 Å². The van der Waals surface area contributed by atoms with Crippen LogP contribution in [-0.2, 0) is 16.0 Å². The molecular weight excluding hydrogens is 308 g/mol. The molecule has 1 fully saturated rings. The predicted molar refractivity (Wildman–Crippen MR) is 94.2 cm³/mol. The van der Waals surface area contributed by atoms with Crippen LogP contribution in [0.2, 0.25) is 0 Å². The Morgan fingerprint density at radius 1 is 1.29 bits per heavy atom. The molecule has 0 bridgehead atoms. The van der Waals surface area contributed by atoms with Crippen molar-refractivity contribution in [2.75, 3.05) is 59.2 Å². The van der Waals surface area contributed by atoms with Gasteiger partial charge in [-0.15, -0.1) is 0 Å². The number of nitrogens with one attached hydrogen (secondary N) is 2. The van der Waals surface area contributed by atoms with Crippen LogP contribution in [0.1, 0.15) is 19.1 Å². The molecule has 1 aromatic rings. The highest BCUT2D eigenvalue weighted by atomic mass is 16.5. The van der Waals surface area contributed by atoms with Crippen molar-refractivity contribution in [2.24, 2.45) is 4.99 Å². The molecule has 7 nitrogen and oxygen atoms in total. The maximum Gasteiger partial charge on any atom is 0.191 e. The first kappa shape index (κ1) is 18.8. The van der Waals surface area contributed by atoms with Crippen LogP contribution in [0.4, 0.5) is 0 Å². The molecule has 136 valence electrons. The SMILES string of the molecule is CCOCCCNC(=NCc1ccco1)NCCN1CCOCC1. The van der Waals surface area contributed by atoms with Gasteiger partial charge in [0.05, 0.1) is 19.5 Å². The van der Waals surface area contributed by atoms with E-state index in [1.54, 1.807) is 6.26 Å².